The number of esters is 3. The van der Waals surface area contributed by atoms with Crippen LogP contribution < -0.4 is 0 Å². The molecule has 1 heterocycles. The zero-order chi connectivity index (χ0) is 20.7. The quantitative estimate of drug-likeness (QED) is 0.465. The fraction of sp³-hybridized carbons (Fsp3) is 0.765. The summed E-state index contributed by atoms with van der Waals surface area (Å²) < 4.78 is 26.3. The van der Waals surface area contributed by atoms with Gasteiger partial charge in [-0.2, -0.15) is 0 Å². The summed E-state index contributed by atoms with van der Waals surface area (Å²) in [6.07, 6.45) is -6.58. The van der Waals surface area contributed by atoms with Crippen LogP contribution in [-0.2, 0) is 42.9 Å². The van der Waals surface area contributed by atoms with Gasteiger partial charge in [-0.1, -0.05) is 13.8 Å². The van der Waals surface area contributed by atoms with E-state index in [-0.39, 0.29) is 6.61 Å². The number of carbonyl (C=O) groups is 4. The standard InChI is InChI=1S/C17H26O10/c1-8(2)6-7-23-17-15(26-11(5)20)13(25-10(4)19)12(24-9(3)18)14(27-17)16(21)22/h8,12-15,17H,6-7H2,1-5H3,(H,21,22). The van der Waals surface area contributed by atoms with Crippen LogP contribution in [0.3, 0.4) is 0 Å². The molecule has 1 aliphatic heterocycles. The Kier molecular flexibility index (Phi) is 8.64. The summed E-state index contributed by atoms with van der Waals surface area (Å²) >= 11 is 0. The van der Waals surface area contributed by atoms with Gasteiger partial charge in [-0.15, -0.1) is 0 Å². The van der Waals surface area contributed by atoms with Crippen molar-refractivity contribution >= 4 is 23.9 Å². The molecule has 5 unspecified atom stereocenters. The minimum Gasteiger partial charge on any atom is -0.479 e. The van der Waals surface area contributed by atoms with E-state index in [1.807, 2.05) is 13.8 Å². The highest BCUT2D eigenvalue weighted by Crippen LogP contribution is 2.30. The van der Waals surface area contributed by atoms with Crippen LogP contribution in [0.1, 0.15) is 41.0 Å². The van der Waals surface area contributed by atoms with Crippen LogP contribution >= 0.6 is 0 Å². The average molecular weight is 390 g/mol. The van der Waals surface area contributed by atoms with Gasteiger partial charge in [0.2, 0.25) is 0 Å². The van der Waals surface area contributed by atoms with E-state index in [2.05, 4.69) is 0 Å². The van der Waals surface area contributed by atoms with Gasteiger partial charge in [-0.05, 0) is 12.3 Å². The monoisotopic (exact) mass is 390 g/mol. The third kappa shape index (κ3) is 7.14. The summed E-state index contributed by atoms with van der Waals surface area (Å²) in [5, 5.41) is 9.45. The van der Waals surface area contributed by atoms with Crippen molar-refractivity contribution in [1.29, 1.82) is 0 Å². The summed E-state index contributed by atoms with van der Waals surface area (Å²) in [7, 11) is 0. The minimum atomic E-state index is -1.67. The second kappa shape index (κ2) is 10.2. The highest BCUT2D eigenvalue weighted by atomic mass is 16.7. The normalized spacial score (nSPS) is 27.7. The Labute approximate surface area is 157 Å². The van der Waals surface area contributed by atoms with Crippen molar-refractivity contribution in [3.8, 4) is 0 Å². The molecule has 0 aromatic carbocycles. The zero-order valence-electron chi connectivity index (χ0n) is 16.0. The van der Waals surface area contributed by atoms with Gasteiger partial charge in [0.05, 0.1) is 6.61 Å². The molecule has 0 aliphatic carbocycles. The molecule has 5 atom stereocenters. The van der Waals surface area contributed by atoms with Crippen LogP contribution in [0.25, 0.3) is 0 Å². The van der Waals surface area contributed by atoms with E-state index < -0.39 is 54.6 Å². The van der Waals surface area contributed by atoms with Crippen molar-refractivity contribution in [2.45, 2.75) is 71.7 Å². The summed E-state index contributed by atoms with van der Waals surface area (Å²) in [6.45, 7) is 7.41. The molecule has 1 saturated heterocycles. The number of hydrogen-bond donors (Lipinski definition) is 1. The third-order valence-corrected chi connectivity index (χ3v) is 3.62. The second-order valence-electron chi connectivity index (χ2n) is 6.54. The van der Waals surface area contributed by atoms with Gasteiger partial charge in [0.15, 0.2) is 30.7 Å². The van der Waals surface area contributed by atoms with Crippen LogP contribution in [0.4, 0.5) is 0 Å². The van der Waals surface area contributed by atoms with E-state index in [4.69, 9.17) is 23.7 Å². The van der Waals surface area contributed by atoms with E-state index in [1.165, 1.54) is 0 Å². The van der Waals surface area contributed by atoms with E-state index in [0.29, 0.717) is 12.3 Å². The average Bonchev–Trinajstić information content (AvgIpc) is 2.50. The first-order chi connectivity index (χ1) is 12.5. The smallest absolute Gasteiger partial charge is 0.337 e. The number of ether oxygens (including phenoxy) is 5. The molecule has 0 saturated carbocycles. The van der Waals surface area contributed by atoms with Gasteiger partial charge in [-0.25, -0.2) is 4.79 Å². The Bertz CT molecular complexity index is 558. The molecule has 10 heteroatoms. The highest BCUT2D eigenvalue weighted by Gasteiger charge is 2.54. The topological polar surface area (TPSA) is 135 Å². The molecular formula is C17H26O10. The molecule has 154 valence electrons. The predicted octanol–water partition coefficient (Wildman–Crippen LogP) is 0.654. The fourth-order valence-corrected chi connectivity index (χ4v) is 2.53. The lowest BCUT2D eigenvalue weighted by Crippen LogP contribution is -2.63. The number of hydrogen-bond acceptors (Lipinski definition) is 9. The van der Waals surface area contributed by atoms with Gasteiger partial charge in [-0.3, -0.25) is 14.4 Å². The Morgan fingerprint density at radius 2 is 1.37 bits per heavy atom. The van der Waals surface area contributed by atoms with Crippen LogP contribution in [0.15, 0.2) is 0 Å². The SMILES string of the molecule is CC(=O)OC1C(OCCC(C)C)OC(C(=O)O)C(OC(C)=O)C1OC(C)=O. The fourth-order valence-electron chi connectivity index (χ4n) is 2.53. The Hall–Kier alpha value is -2.20. The third-order valence-electron chi connectivity index (χ3n) is 3.62. The van der Waals surface area contributed by atoms with Gasteiger partial charge in [0.1, 0.15) is 0 Å². The first kappa shape index (κ1) is 22.8. The molecule has 1 rings (SSSR count). The summed E-state index contributed by atoms with van der Waals surface area (Å²) in [6, 6.07) is 0. The molecule has 1 fully saturated rings. The number of carboxylic acid groups (broad SMARTS) is 1. The van der Waals surface area contributed by atoms with E-state index in [1.54, 1.807) is 0 Å². The zero-order valence-corrected chi connectivity index (χ0v) is 16.0. The molecule has 27 heavy (non-hydrogen) atoms. The van der Waals surface area contributed by atoms with Crippen molar-refractivity contribution in [1.82, 2.24) is 0 Å². The summed E-state index contributed by atoms with van der Waals surface area (Å²) in [4.78, 5) is 46.1. The number of aliphatic carboxylic acids is 1. The lowest BCUT2D eigenvalue weighted by Gasteiger charge is -2.42. The van der Waals surface area contributed by atoms with E-state index in [9.17, 15) is 24.3 Å². The van der Waals surface area contributed by atoms with Crippen molar-refractivity contribution in [2.24, 2.45) is 5.92 Å². The maximum Gasteiger partial charge on any atom is 0.337 e. The lowest BCUT2D eigenvalue weighted by molar-refractivity contribution is -0.301. The highest BCUT2D eigenvalue weighted by molar-refractivity contribution is 5.75. The first-order valence-electron chi connectivity index (χ1n) is 8.54. The van der Waals surface area contributed by atoms with Gasteiger partial charge >= 0.3 is 23.9 Å². The first-order valence-corrected chi connectivity index (χ1v) is 8.54. The Morgan fingerprint density at radius 1 is 0.889 bits per heavy atom. The summed E-state index contributed by atoms with van der Waals surface area (Å²) in [5.41, 5.74) is 0. The van der Waals surface area contributed by atoms with Gasteiger partial charge in [0.25, 0.3) is 0 Å². The van der Waals surface area contributed by atoms with Gasteiger partial charge in [0, 0.05) is 20.8 Å². The molecule has 1 aliphatic rings. The van der Waals surface area contributed by atoms with Crippen LogP contribution in [0.2, 0.25) is 0 Å². The number of carboxylic acids is 1. The molecule has 0 spiro atoms. The molecule has 1 N–H and O–H groups in total. The number of rotatable bonds is 8. The molecule has 0 amide bonds. The molecule has 0 aromatic rings. The van der Waals surface area contributed by atoms with Crippen molar-refractivity contribution in [3.05, 3.63) is 0 Å². The van der Waals surface area contributed by atoms with Crippen molar-refractivity contribution in [2.75, 3.05) is 6.61 Å². The van der Waals surface area contributed by atoms with Crippen molar-refractivity contribution in [3.63, 3.8) is 0 Å². The molecule has 0 radical (unpaired) electrons. The minimum absolute atomic E-state index is 0.192. The van der Waals surface area contributed by atoms with Crippen molar-refractivity contribution < 1.29 is 48.0 Å². The van der Waals surface area contributed by atoms with Crippen LogP contribution in [0, 0.1) is 5.92 Å². The molecule has 0 aromatic heterocycles. The lowest BCUT2D eigenvalue weighted by atomic mass is 9.97. The predicted molar refractivity (Wildman–Crippen MR) is 88.4 cm³/mol. The molecule has 0 bridgehead atoms. The van der Waals surface area contributed by atoms with Crippen LogP contribution in [-0.4, -0.2) is 66.3 Å². The molecular weight excluding hydrogens is 364 g/mol. The van der Waals surface area contributed by atoms with Crippen LogP contribution in [0.5, 0.6) is 0 Å². The maximum atomic E-state index is 11.6. The Balaban J connectivity index is 3.21. The van der Waals surface area contributed by atoms with Gasteiger partial charge < -0.3 is 28.8 Å². The Morgan fingerprint density at radius 3 is 1.81 bits per heavy atom. The van der Waals surface area contributed by atoms with E-state index in [0.717, 1.165) is 20.8 Å². The summed E-state index contributed by atoms with van der Waals surface area (Å²) in [5.74, 6) is -3.46. The largest absolute Gasteiger partial charge is 0.479 e. The van der Waals surface area contributed by atoms with E-state index >= 15 is 0 Å². The number of carbonyl (C=O) groups excluding carboxylic acids is 3. The maximum absolute atomic E-state index is 11.6. The molecule has 10 nitrogen and oxygen atoms in total. The second-order valence-corrected chi connectivity index (χ2v) is 6.54.